The van der Waals surface area contributed by atoms with Crippen LogP contribution in [0.5, 0.6) is 5.75 Å². The van der Waals surface area contributed by atoms with Gasteiger partial charge in [-0.2, -0.15) is 0 Å². The minimum atomic E-state index is -0.272. The summed E-state index contributed by atoms with van der Waals surface area (Å²) in [5.74, 6) is 1.39. The maximum Gasteiger partial charge on any atom is 0.228 e. The largest absolute Gasteiger partial charge is 0.497 e. The van der Waals surface area contributed by atoms with Crippen LogP contribution >= 0.6 is 0 Å². The fraction of sp³-hybridized carbons (Fsp3) is 0.429. The van der Waals surface area contributed by atoms with E-state index in [2.05, 4.69) is 0 Å². The number of amides is 2. The molecule has 0 saturated carbocycles. The first-order valence-corrected chi connectivity index (χ1v) is 9.40. The second-order valence-corrected chi connectivity index (χ2v) is 7.22. The van der Waals surface area contributed by atoms with Crippen molar-refractivity contribution in [1.29, 1.82) is 0 Å². The third-order valence-electron chi connectivity index (χ3n) is 5.53. The van der Waals surface area contributed by atoms with Crippen molar-refractivity contribution < 1.29 is 18.7 Å². The maximum atomic E-state index is 13.1. The fourth-order valence-corrected chi connectivity index (χ4v) is 4.12. The van der Waals surface area contributed by atoms with Crippen LogP contribution in [0.2, 0.25) is 0 Å². The Hall–Kier alpha value is -2.76. The van der Waals surface area contributed by atoms with Crippen molar-refractivity contribution in [2.75, 3.05) is 20.2 Å². The molecule has 2 fully saturated rings. The molecule has 3 heterocycles. The Bertz CT molecular complexity index is 800. The van der Waals surface area contributed by atoms with Crippen LogP contribution in [0.4, 0.5) is 0 Å². The summed E-state index contributed by atoms with van der Waals surface area (Å²) < 4.78 is 10.6. The molecule has 2 aromatic rings. The van der Waals surface area contributed by atoms with E-state index in [4.69, 9.17) is 9.15 Å². The molecule has 27 heavy (non-hydrogen) atoms. The zero-order valence-electron chi connectivity index (χ0n) is 15.5. The van der Waals surface area contributed by atoms with E-state index in [0.29, 0.717) is 13.1 Å². The molecule has 0 radical (unpaired) electrons. The lowest BCUT2D eigenvalue weighted by atomic mass is 10.0. The van der Waals surface area contributed by atoms with Gasteiger partial charge in [-0.1, -0.05) is 12.1 Å². The standard InChI is InChI=1S/C21H24N2O4/c1-26-17-8-6-15(7-9-17)19-5-2-10-23(19)21(25)16-12-20(24)22(13-16)14-18-4-3-11-27-18/h3-4,6-9,11,16,19H,2,5,10,12-14H2,1H3/t16-,19+/m0/s1. The Morgan fingerprint density at radius 1 is 1.26 bits per heavy atom. The monoisotopic (exact) mass is 368 g/mol. The van der Waals surface area contributed by atoms with Gasteiger partial charge in [0.1, 0.15) is 11.5 Å². The average molecular weight is 368 g/mol. The minimum absolute atomic E-state index is 0.0185. The summed E-state index contributed by atoms with van der Waals surface area (Å²) >= 11 is 0. The van der Waals surface area contributed by atoms with Crippen molar-refractivity contribution in [3.8, 4) is 5.75 Å². The van der Waals surface area contributed by atoms with Crippen LogP contribution < -0.4 is 4.74 Å². The van der Waals surface area contributed by atoms with Crippen molar-refractivity contribution in [2.24, 2.45) is 5.92 Å². The summed E-state index contributed by atoms with van der Waals surface area (Å²) in [5.41, 5.74) is 1.12. The van der Waals surface area contributed by atoms with Gasteiger partial charge in [-0.15, -0.1) is 0 Å². The Balaban J connectivity index is 1.44. The molecular formula is C21H24N2O4. The highest BCUT2D eigenvalue weighted by Gasteiger charge is 2.40. The first kappa shape index (κ1) is 17.6. The highest BCUT2D eigenvalue weighted by Crippen LogP contribution is 2.35. The third-order valence-corrected chi connectivity index (χ3v) is 5.53. The van der Waals surface area contributed by atoms with Gasteiger partial charge in [0.2, 0.25) is 11.8 Å². The summed E-state index contributed by atoms with van der Waals surface area (Å²) in [5, 5.41) is 0. The second-order valence-electron chi connectivity index (χ2n) is 7.22. The molecule has 2 atom stereocenters. The normalized spacial score (nSPS) is 22.5. The predicted molar refractivity (Wildman–Crippen MR) is 98.9 cm³/mol. The molecule has 142 valence electrons. The lowest BCUT2D eigenvalue weighted by Crippen LogP contribution is -2.37. The quantitative estimate of drug-likeness (QED) is 0.814. The number of hydrogen-bond acceptors (Lipinski definition) is 4. The molecule has 4 rings (SSSR count). The first-order chi connectivity index (χ1) is 13.2. The molecule has 2 aliphatic rings. The summed E-state index contributed by atoms with van der Waals surface area (Å²) in [6.45, 7) is 1.64. The topological polar surface area (TPSA) is 63.0 Å². The van der Waals surface area contributed by atoms with Gasteiger partial charge < -0.3 is 19.0 Å². The van der Waals surface area contributed by atoms with Crippen LogP contribution in [0.15, 0.2) is 47.1 Å². The summed E-state index contributed by atoms with van der Waals surface area (Å²) in [6.07, 6.45) is 3.82. The number of rotatable bonds is 5. The van der Waals surface area contributed by atoms with Crippen molar-refractivity contribution in [1.82, 2.24) is 9.80 Å². The Morgan fingerprint density at radius 3 is 2.78 bits per heavy atom. The number of nitrogens with zero attached hydrogens (tertiary/aromatic N) is 2. The Morgan fingerprint density at radius 2 is 2.07 bits per heavy atom. The van der Waals surface area contributed by atoms with E-state index in [9.17, 15) is 9.59 Å². The van der Waals surface area contributed by atoms with Crippen LogP contribution in [0.1, 0.15) is 36.6 Å². The van der Waals surface area contributed by atoms with Crippen LogP contribution in [-0.4, -0.2) is 41.8 Å². The van der Waals surface area contributed by atoms with E-state index in [-0.39, 0.29) is 30.2 Å². The Kier molecular flexibility index (Phi) is 4.88. The molecule has 0 bridgehead atoms. The van der Waals surface area contributed by atoms with Gasteiger partial charge in [-0.3, -0.25) is 9.59 Å². The fourth-order valence-electron chi connectivity index (χ4n) is 4.12. The van der Waals surface area contributed by atoms with Crippen molar-refractivity contribution >= 4 is 11.8 Å². The molecule has 6 heteroatoms. The van der Waals surface area contributed by atoms with E-state index in [1.54, 1.807) is 18.3 Å². The molecule has 1 aromatic carbocycles. The van der Waals surface area contributed by atoms with Crippen molar-refractivity contribution in [2.45, 2.75) is 31.8 Å². The van der Waals surface area contributed by atoms with Crippen LogP contribution in [0.3, 0.4) is 0 Å². The zero-order valence-corrected chi connectivity index (χ0v) is 15.5. The molecular weight excluding hydrogens is 344 g/mol. The van der Waals surface area contributed by atoms with Crippen LogP contribution in [0.25, 0.3) is 0 Å². The van der Waals surface area contributed by atoms with E-state index in [0.717, 1.165) is 36.5 Å². The second kappa shape index (κ2) is 7.47. The first-order valence-electron chi connectivity index (χ1n) is 9.40. The Labute approximate surface area is 158 Å². The molecule has 0 unspecified atom stereocenters. The molecule has 2 amide bonds. The van der Waals surface area contributed by atoms with E-state index in [1.807, 2.05) is 41.3 Å². The van der Waals surface area contributed by atoms with Gasteiger partial charge in [0.15, 0.2) is 0 Å². The lowest BCUT2D eigenvalue weighted by Gasteiger charge is -2.27. The maximum absolute atomic E-state index is 13.1. The average Bonchev–Trinajstić information content (AvgIpc) is 3.43. The molecule has 2 aliphatic heterocycles. The van der Waals surface area contributed by atoms with Gasteiger partial charge in [0.25, 0.3) is 0 Å². The SMILES string of the molecule is COc1ccc([C@H]2CCCN2C(=O)[C@H]2CC(=O)N(Cc3ccco3)C2)cc1. The number of carbonyl (C=O) groups excluding carboxylic acids is 2. The molecule has 0 spiro atoms. The van der Waals surface area contributed by atoms with Gasteiger partial charge in [0.05, 0.1) is 31.9 Å². The van der Waals surface area contributed by atoms with Gasteiger partial charge in [-0.05, 0) is 42.7 Å². The number of methoxy groups -OCH3 is 1. The lowest BCUT2D eigenvalue weighted by molar-refractivity contribution is -0.136. The third kappa shape index (κ3) is 3.56. The summed E-state index contributed by atoms with van der Waals surface area (Å²) in [6, 6.07) is 11.7. The van der Waals surface area contributed by atoms with Crippen molar-refractivity contribution in [3.05, 3.63) is 54.0 Å². The number of benzene rings is 1. The van der Waals surface area contributed by atoms with E-state index < -0.39 is 0 Å². The highest BCUT2D eigenvalue weighted by atomic mass is 16.5. The van der Waals surface area contributed by atoms with Gasteiger partial charge in [0, 0.05) is 19.5 Å². The van der Waals surface area contributed by atoms with Gasteiger partial charge >= 0.3 is 0 Å². The van der Waals surface area contributed by atoms with Crippen LogP contribution in [-0.2, 0) is 16.1 Å². The number of hydrogen-bond donors (Lipinski definition) is 0. The van der Waals surface area contributed by atoms with Gasteiger partial charge in [-0.25, -0.2) is 0 Å². The number of furan rings is 1. The summed E-state index contributed by atoms with van der Waals surface area (Å²) in [7, 11) is 1.64. The molecule has 1 aromatic heterocycles. The number of likely N-dealkylation sites (tertiary alicyclic amines) is 2. The van der Waals surface area contributed by atoms with E-state index >= 15 is 0 Å². The number of ether oxygens (including phenoxy) is 1. The minimum Gasteiger partial charge on any atom is -0.497 e. The van der Waals surface area contributed by atoms with Crippen LogP contribution in [0, 0.1) is 5.92 Å². The van der Waals surface area contributed by atoms with E-state index in [1.165, 1.54) is 0 Å². The van der Waals surface area contributed by atoms with Crippen molar-refractivity contribution in [3.63, 3.8) is 0 Å². The smallest absolute Gasteiger partial charge is 0.228 e. The zero-order chi connectivity index (χ0) is 18.8. The summed E-state index contributed by atoms with van der Waals surface area (Å²) in [4.78, 5) is 29.2. The highest BCUT2D eigenvalue weighted by molar-refractivity contribution is 5.89. The molecule has 0 aliphatic carbocycles. The molecule has 6 nitrogen and oxygen atoms in total. The number of carbonyl (C=O) groups is 2. The predicted octanol–water partition coefficient (Wildman–Crippen LogP) is 3.00. The molecule has 0 N–H and O–H groups in total. The molecule has 2 saturated heterocycles.